The quantitative estimate of drug-likeness (QED) is 0.0328. The number of nitrogens with one attached hydrogen (secondary N) is 2. The summed E-state index contributed by atoms with van der Waals surface area (Å²) in [5.74, 6) is -7.49. The summed E-state index contributed by atoms with van der Waals surface area (Å²) in [6, 6.07) is 24.8. The van der Waals surface area contributed by atoms with Gasteiger partial charge in [0.2, 0.25) is 31.9 Å². The lowest BCUT2D eigenvalue weighted by molar-refractivity contribution is -0.146. The first-order valence-electron chi connectivity index (χ1n) is 30.9. The molecule has 2 heterocycles. The lowest BCUT2D eigenvalue weighted by Crippen LogP contribution is -2.57. The van der Waals surface area contributed by atoms with Crippen molar-refractivity contribution in [2.75, 3.05) is 39.4 Å². The zero-order valence-electron chi connectivity index (χ0n) is 50.0. The number of nitrogens with two attached hydrogens (primary N) is 2. The normalized spacial score (nSPS) is 17.6. The summed E-state index contributed by atoms with van der Waals surface area (Å²) in [4.78, 5) is 29.3. The molecule has 4 aliphatic rings. The van der Waals surface area contributed by atoms with Crippen LogP contribution in [-0.4, -0.2) is 114 Å². The van der Waals surface area contributed by atoms with Crippen LogP contribution in [0.4, 0.5) is 17.6 Å². The second kappa shape index (κ2) is 29.4. The maximum absolute atomic E-state index is 16.2. The molecule has 2 saturated heterocycles. The van der Waals surface area contributed by atoms with E-state index in [1.807, 2.05) is 26.0 Å². The number of unbranched alkanes of at least 4 members (excludes halogenated alkanes) is 2. The van der Waals surface area contributed by atoms with Crippen molar-refractivity contribution in [2.24, 2.45) is 11.5 Å². The van der Waals surface area contributed by atoms with Gasteiger partial charge in [0.1, 0.15) is 23.0 Å². The van der Waals surface area contributed by atoms with Crippen LogP contribution in [0.15, 0.2) is 131 Å². The SMILES string of the molecule is CCCCOc1ccc(C(F)(F)[C@@H](NS(=O)(=O)c2ccc3cc(OC4CCCC4)ccc3c2)C(=O)N2CCC(N)CC2)cc1.CCCCOc1ccc(C(F)(F)[C@H](NS(=O)(=O)c2ccc3cc(OC4CCCC4)ccc3c2)C(=O)N2CCC(N)CC2)cc1. The van der Waals surface area contributed by atoms with Gasteiger partial charge in [-0.1, -0.05) is 51.0 Å². The van der Waals surface area contributed by atoms with E-state index in [4.69, 9.17) is 30.4 Å². The van der Waals surface area contributed by atoms with Gasteiger partial charge in [-0.15, -0.1) is 0 Å². The van der Waals surface area contributed by atoms with E-state index in [0.29, 0.717) is 72.7 Å². The lowest BCUT2D eigenvalue weighted by Gasteiger charge is -2.35. The highest BCUT2D eigenvalue weighted by atomic mass is 32.2. The molecule has 16 nitrogen and oxygen atoms in total. The van der Waals surface area contributed by atoms with Crippen LogP contribution in [0.3, 0.4) is 0 Å². The molecule has 2 aliphatic carbocycles. The van der Waals surface area contributed by atoms with Crippen molar-refractivity contribution in [3.63, 3.8) is 0 Å². The number of hydrogen-bond acceptors (Lipinski definition) is 12. The fourth-order valence-corrected chi connectivity index (χ4v) is 13.9. The first kappa shape index (κ1) is 65.9. The number of rotatable bonds is 24. The van der Waals surface area contributed by atoms with Crippen LogP contribution in [0.2, 0.25) is 0 Å². The minimum absolute atomic E-state index is 0.142. The number of ether oxygens (including phenoxy) is 4. The van der Waals surface area contributed by atoms with Crippen molar-refractivity contribution >= 4 is 53.4 Å². The molecule has 0 spiro atoms. The molecule has 88 heavy (non-hydrogen) atoms. The number of fused-ring (bicyclic) bond motifs is 2. The molecule has 476 valence electrons. The van der Waals surface area contributed by atoms with E-state index in [1.54, 1.807) is 36.4 Å². The molecule has 0 aromatic heterocycles. The highest BCUT2D eigenvalue weighted by Gasteiger charge is 2.51. The van der Waals surface area contributed by atoms with Gasteiger partial charge in [-0.3, -0.25) is 9.59 Å². The maximum atomic E-state index is 16.2. The third-order valence-electron chi connectivity index (χ3n) is 16.9. The number of nitrogens with zero attached hydrogens (tertiary/aromatic N) is 2. The Hall–Kier alpha value is -6.56. The largest absolute Gasteiger partial charge is 0.494 e. The van der Waals surface area contributed by atoms with Crippen molar-refractivity contribution in [1.82, 2.24) is 19.2 Å². The first-order valence-corrected chi connectivity index (χ1v) is 33.9. The average Bonchev–Trinajstić information content (AvgIpc) is 1.42. The third kappa shape index (κ3) is 16.6. The number of piperidine rings is 2. The molecule has 6 aromatic carbocycles. The Labute approximate surface area is 514 Å². The van der Waals surface area contributed by atoms with Gasteiger partial charge in [0.05, 0.1) is 35.2 Å². The molecule has 2 saturated carbocycles. The van der Waals surface area contributed by atoms with Crippen LogP contribution in [0.25, 0.3) is 21.5 Å². The second-order valence-corrected chi connectivity index (χ2v) is 27.0. The molecule has 10 rings (SSSR count). The van der Waals surface area contributed by atoms with Crippen LogP contribution in [-0.2, 0) is 41.5 Å². The molecule has 4 fully saturated rings. The topological polar surface area (TPSA) is 222 Å². The predicted molar refractivity (Wildman–Crippen MR) is 331 cm³/mol. The van der Waals surface area contributed by atoms with Crippen LogP contribution >= 0.6 is 0 Å². The van der Waals surface area contributed by atoms with Gasteiger partial charge in [0.15, 0.2) is 12.1 Å². The molecular weight excluding hydrogens is 1180 g/mol. The number of likely N-dealkylation sites (tertiary alicyclic amines) is 2. The maximum Gasteiger partial charge on any atom is 0.298 e. The minimum Gasteiger partial charge on any atom is -0.494 e. The number of benzene rings is 6. The lowest BCUT2D eigenvalue weighted by atomic mass is 9.98. The molecule has 2 aliphatic heterocycles. The van der Waals surface area contributed by atoms with Crippen molar-refractivity contribution in [1.29, 1.82) is 0 Å². The highest BCUT2D eigenvalue weighted by molar-refractivity contribution is 7.89. The van der Waals surface area contributed by atoms with Crippen molar-refractivity contribution in [3.8, 4) is 23.0 Å². The summed E-state index contributed by atoms with van der Waals surface area (Å²) in [5, 5.41) is 2.71. The fourth-order valence-electron chi connectivity index (χ4n) is 11.4. The second-order valence-electron chi connectivity index (χ2n) is 23.5. The van der Waals surface area contributed by atoms with Gasteiger partial charge >= 0.3 is 0 Å². The van der Waals surface area contributed by atoms with E-state index in [0.717, 1.165) is 87.8 Å². The predicted octanol–water partition coefficient (Wildman–Crippen LogP) is 11.5. The van der Waals surface area contributed by atoms with E-state index in [-0.39, 0.29) is 60.3 Å². The molecule has 2 amide bonds. The zero-order valence-corrected chi connectivity index (χ0v) is 51.7. The van der Waals surface area contributed by atoms with E-state index in [1.165, 1.54) is 82.6 Å². The third-order valence-corrected chi connectivity index (χ3v) is 19.7. The molecular formula is C66H82F4N6O10S2. The number of halogens is 4. The first-order chi connectivity index (χ1) is 42.1. The Balaban J connectivity index is 0.000000209. The number of alkyl halides is 4. The molecule has 6 N–H and O–H groups in total. The number of sulfonamides is 2. The van der Waals surface area contributed by atoms with Gasteiger partial charge in [-0.05, 0) is 208 Å². The molecule has 0 radical (unpaired) electrons. The minimum atomic E-state index is -4.55. The summed E-state index contributed by atoms with van der Waals surface area (Å²) >= 11 is 0. The van der Waals surface area contributed by atoms with E-state index in [9.17, 15) is 26.4 Å². The highest BCUT2D eigenvalue weighted by Crippen LogP contribution is 2.38. The standard InChI is InChI=1S/2C33H41F2N3O5S/c2*1-2-3-20-42-27-13-10-25(11-14-27)33(34,35)31(32(39)38-18-16-26(36)17-19-38)37-44(40,41)30-15-9-23-21-29(12-8-24(23)22-30)43-28-6-4-5-7-28/h2*8-15,21-22,26,28,31,37H,2-7,16-20,36H2,1H3/t2*31-/m10/s1. The summed E-state index contributed by atoms with van der Waals surface area (Å²) in [7, 11) is -9.09. The molecule has 2 atom stereocenters. The van der Waals surface area contributed by atoms with Crippen molar-refractivity contribution < 1.29 is 62.9 Å². The molecule has 22 heteroatoms. The average molecular weight is 1260 g/mol. The van der Waals surface area contributed by atoms with Crippen LogP contribution < -0.4 is 39.9 Å². The molecule has 0 bridgehead atoms. The summed E-state index contributed by atoms with van der Waals surface area (Å²) in [5.41, 5.74) is 10.9. The molecule has 6 aromatic rings. The van der Waals surface area contributed by atoms with E-state index in [2.05, 4.69) is 9.44 Å². The Kier molecular flexibility index (Phi) is 22.0. The van der Waals surface area contributed by atoms with Gasteiger partial charge < -0.3 is 40.2 Å². The van der Waals surface area contributed by atoms with Gasteiger partial charge in [0.25, 0.3) is 11.8 Å². The van der Waals surface area contributed by atoms with Crippen molar-refractivity contribution in [2.45, 2.75) is 175 Å². The van der Waals surface area contributed by atoms with Gasteiger partial charge in [0, 0.05) is 49.4 Å². The molecule has 0 unspecified atom stereocenters. The number of hydrogen-bond donors (Lipinski definition) is 4. The van der Waals surface area contributed by atoms with Crippen LogP contribution in [0.5, 0.6) is 23.0 Å². The zero-order chi connectivity index (χ0) is 62.6. The fraction of sp³-hybridized carbons (Fsp3) is 0.485. The number of carbonyl (C=O) groups is 2. The monoisotopic (exact) mass is 1260 g/mol. The number of carbonyl (C=O) groups excluding carboxylic acids is 2. The Morgan fingerprint density at radius 2 is 0.807 bits per heavy atom. The van der Waals surface area contributed by atoms with Gasteiger partial charge in [-0.25, -0.2) is 16.8 Å². The van der Waals surface area contributed by atoms with Gasteiger partial charge in [-0.2, -0.15) is 27.0 Å². The number of amides is 2. The summed E-state index contributed by atoms with van der Waals surface area (Å²) < 4.78 is 147. The van der Waals surface area contributed by atoms with Crippen molar-refractivity contribution in [3.05, 3.63) is 132 Å². The Morgan fingerprint density at radius 3 is 1.15 bits per heavy atom. The van der Waals surface area contributed by atoms with Crippen LogP contribution in [0, 0.1) is 0 Å². The van der Waals surface area contributed by atoms with E-state index < -0.39 is 66.9 Å². The summed E-state index contributed by atoms with van der Waals surface area (Å²) in [6.07, 6.45) is 14.2. The van der Waals surface area contributed by atoms with Crippen LogP contribution in [0.1, 0.15) is 128 Å². The Bertz CT molecular complexity index is 3310. The smallest absolute Gasteiger partial charge is 0.298 e. The van der Waals surface area contributed by atoms with E-state index >= 15 is 17.6 Å². The Morgan fingerprint density at radius 1 is 0.489 bits per heavy atom. The summed E-state index contributed by atoms with van der Waals surface area (Å²) in [6.45, 7) is 5.60.